The normalized spacial score (nSPS) is 19.9. The van der Waals surface area contributed by atoms with Gasteiger partial charge in [0.15, 0.2) is 15.1 Å². The van der Waals surface area contributed by atoms with E-state index in [4.69, 9.17) is 13.9 Å². The summed E-state index contributed by atoms with van der Waals surface area (Å²) < 4.78 is 19.8. The van der Waals surface area contributed by atoms with Gasteiger partial charge in [0.25, 0.3) is 5.56 Å². The lowest BCUT2D eigenvalue weighted by molar-refractivity contribution is -0.163. The zero-order chi connectivity index (χ0) is 26.1. The first-order valence-electron chi connectivity index (χ1n) is 12.0. The van der Waals surface area contributed by atoms with E-state index < -0.39 is 32.8 Å². The molecule has 3 atom stereocenters. The third-order valence-corrected chi connectivity index (χ3v) is 6.85. The van der Waals surface area contributed by atoms with E-state index >= 15 is 0 Å². The number of nitrogens with zero attached hydrogens (tertiary/aromatic N) is 2. The van der Waals surface area contributed by atoms with Crippen molar-refractivity contribution in [3.63, 3.8) is 0 Å². The number of aromatic nitrogens is 1. The summed E-state index contributed by atoms with van der Waals surface area (Å²) in [6, 6.07) is 10.1. The van der Waals surface area contributed by atoms with Crippen molar-refractivity contribution in [1.29, 1.82) is 5.26 Å². The minimum atomic E-state index is -1.36. The van der Waals surface area contributed by atoms with Gasteiger partial charge in [-0.3, -0.25) is 9.59 Å². The molecule has 1 aromatic heterocycles. The molecule has 2 aromatic rings. The quantitative estimate of drug-likeness (QED) is 0.418. The van der Waals surface area contributed by atoms with E-state index in [0.29, 0.717) is 16.9 Å². The highest BCUT2D eigenvalue weighted by Gasteiger charge is 2.47. The van der Waals surface area contributed by atoms with Crippen molar-refractivity contribution < 1.29 is 18.7 Å². The molecule has 7 nitrogen and oxygen atoms in total. The predicted molar refractivity (Wildman–Crippen MR) is 137 cm³/mol. The Labute approximate surface area is 209 Å². The van der Waals surface area contributed by atoms with Crippen molar-refractivity contribution in [2.45, 2.75) is 84.9 Å². The van der Waals surface area contributed by atoms with Crippen LogP contribution in [0.1, 0.15) is 76.8 Å². The topological polar surface area (TPSA) is 90.5 Å². The Bertz CT molecular complexity index is 1190. The van der Waals surface area contributed by atoms with Crippen LogP contribution in [0.25, 0.3) is 0 Å². The average Bonchev–Trinajstić information content (AvgIpc) is 2.72. The molecule has 0 amide bonds. The second kappa shape index (κ2) is 10.00. The first-order chi connectivity index (χ1) is 16.2. The number of carbonyl (C=O) groups excluding carboxylic acids is 1. The van der Waals surface area contributed by atoms with Gasteiger partial charge in [-0.15, -0.1) is 0 Å². The first kappa shape index (κ1) is 26.7. The highest BCUT2D eigenvalue weighted by Crippen LogP contribution is 2.43. The van der Waals surface area contributed by atoms with Crippen LogP contribution in [0.15, 0.2) is 41.3 Å². The molecule has 0 radical (unpaired) electrons. The summed E-state index contributed by atoms with van der Waals surface area (Å²) in [7, 11) is -1.36. The molecule has 35 heavy (non-hydrogen) atoms. The summed E-state index contributed by atoms with van der Waals surface area (Å²) in [6.45, 7) is 15.7. The molecule has 0 saturated heterocycles. The Morgan fingerprint density at radius 1 is 1.26 bits per heavy atom. The molecule has 0 bridgehead atoms. The van der Waals surface area contributed by atoms with E-state index in [1.807, 2.05) is 19.9 Å². The third kappa shape index (κ3) is 6.22. The predicted octanol–water partition coefficient (Wildman–Crippen LogP) is 4.89. The molecule has 0 spiro atoms. The second-order valence-electron chi connectivity index (χ2n) is 11.2. The van der Waals surface area contributed by atoms with Gasteiger partial charge in [-0.2, -0.15) is 5.26 Å². The molecular formula is C27H36N2O5Si. The maximum atomic E-state index is 13.6. The summed E-state index contributed by atoms with van der Waals surface area (Å²) in [4.78, 5) is 25.6. The van der Waals surface area contributed by atoms with Crippen LogP contribution in [0.4, 0.5) is 0 Å². The summed E-state index contributed by atoms with van der Waals surface area (Å²) >= 11 is 0. The Balaban J connectivity index is 2.16. The lowest BCUT2D eigenvalue weighted by atomic mass is 9.85. The fraction of sp³-hybridized carbons (Fsp3) is 0.519. The SMILES string of the molecule is CC(=O)O[C@@H]1[C@@H](n2ccc(C(CC(C)(C)C)O[SiH](C)C)cc2=O)c2cc(C#N)ccc2OC1(C)C. The van der Waals surface area contributed by atoms with Gasteiger partial charge in [0.05, 0.1) is 17.7 Å². The van der Waals surface area contributed by atoms with Gasteiger partial charge in [-0.1, -0.05) is 20.8 Å². The van der Waals surface area contributed by atoms with Crippen LogP contribution < -0.4 is 10.3 Å². The molecule has 2 heterocycles. The Kier molecular flexibility index (Phi) is 7.63. The van der Waals surface area contributed by atoms with Gasteiger partial charge < -0.3 is 18.5 Å². The highest BCUT2D eigenvalue weighted by molar-refractivity contribution is 6.48. The molecule has 0 aliphatic carbocycles. The van der Waals surface area contributed by atoms with Crippen molar-refractivity contribution in [2.24, 2.45) is 5.41 Å². The summed E-state index contributed by atoms with van der Waals surface area (Å²) in [5, 5.41) is 9.47. The second-order valence-corrected chi connectivity index (χ2v) is 13.6. The number of hydrogen-bond donors (Lipinski definition) is 0. The van der Waals surface area contributed by atoms with E-state index in [9.17, 15) is 14.9 Å². The zero-order valence-electron chi connectivity index (χ0n) is 21.9. The fourth-order valence-corrected chi connectivity index (χ4v) is 5.48. The minimum Gasteiger partial charge on any atom is -0.484 e. The lowest BCUT2D eigenvalue weighted by Gasteiger charge is -2.44. The van der Waals surface area contributed by atoms with Crippen LogP contribution >= 0.6 is 0 Å². The number of esters is 1. The van der Waals surface area contributed by atoms with Crippen molar-refractivity contribution in [3.05, 3.63) is 63.6 Å². The van der Waals surface area contributed by atoms with Crippen LogP contribution in [-0.2, 0) is 14.0 Å². The standard InChI is InChI=1S/C27H36N2O5Si/c1-17(30)32-25-24(20-13-18(16-28)9-10-21(20)33-27(25,5)6)29-12-11-19(14-23(29)31)22(34-35(7)8)15-26(2,3)4/h9-14,22,24-25,35H,15H2,1-8H3/t22?,24-,25+/m0/s1. The molecule has 0 saturated carbocycles. The van der Waals surface area contributed by atoms with Gasteiger partial charge in [-0.05, 0) is 68.6 Å². The molecule has 1 aliphatic rings. The zero-order valence-corrected chi connectivity index (χ0v) is 23.1. The number of hydrogen-bond acceptors (Lipinski definition) is 6. The molecule has 0 fully saturated rings. The largest absolute Gasteiger partial charge is 0.484 e. The van der Waals surface area contributed by atoms with Crippen molar-refractivity contribution in [2.75, 3.05) is 0 Å². The van der Waals surface area contributed by atoms with E-state index in [0.717, 1.165) is 12.0 Å². The number of ether oxygens (including phenoxy) is 2. The van der Waals surface area contributed by atoms with Gasteiger partial charge >= 0.3 is 5.97 Å². The number of nitriles is 1. The number of rotatable bonds is 6. The van der Waals surface area contributed by atoms with E-state index in [1.54, 1.807) is 35.0 Å². The van der Waals surface area contributed by atoms with Gasteiger partial charge in [0, 0.05) is 24.8 Å². The van der Waals surface area contributed by atoms with Crippen LogP contribution in [0.2, 0.25) is 13.1 Å². The summed E-state index contributed by atoms with van der Waals surface area (Å²) in [5.74, 6) is 0.0832. The molecule has 1 aromatic carbocycles. The number of benzene rings is 1. The third-order valence-electron chi connectivity index (χ3n) is 5.97. The molecule has 188 valence electrons. The molecular weight excluding hydrogens is 460 g/mol. The Hall–Kier alpha value is -2.89. The first-order valence-corrected chi connectivity index (χ1v) is 14.8. The minimum absolute atomic E-state index is 0.0284. The van der Waals surface area contributed by atoms with Crippen LogP contribution in [0, 0.1) is 16.7 Å². The molecule has 0 N–H and O–H groups in total. The summed E-state index contributed by atoms with van der Waals surface area (Å²) in [6.07, 6.45) is 1.58. The van der Waals surface area contributed by atoms with E-state index in [-0.39, 0.29) is 17.1 Å². The number of carbonyl (C=O) groups is 1. The highest BCUT2D eigenvalue weighted by atomic mass is 28.3. The lowest BCUT2D eigenvalue weighted by Crippen LogP contribution is -2.54. The van der Waals surface area contributed by atoms with Gasteiger partial charge in [0.1, 0.15) is 17.4 Å². The smallest absolute Gasteiger partial charge is 0.303 e. The maximum absolute atomic E-state index is 13.6. The Morgan fingerprint density at radius 2 is 1.94 bits per heavy atom. The number of pyridine rings is 1. The van der Waals surface area contributed by atoms with Crippen molar-refractivity contribution in [1.82, 2.24) is 4.57 Å². The number of fused-ring (bicyclic) bond motifs is 1. The van der Waals surface area contributed by atoms with E-state index in [2.05, 4.69) is 39.9 Å². The average molecular weight is 497 g/mol. The maximum Gasteiger partial charge on any atom is 0.303 e. The van der Waals surface area contributed by atoms with Crippen LogP contribution in [0.5, 0.6) is 5.75 Å². The fourth-order valence-electron chi connectivity index (χ4n) is 4.57. The molecule has 3 rings (SSSR count). The summed E-state index contributed by atoms with van der Waals surface area (Å²) in [5.41, 5.74) is 0.787. The van der Waals surface area contributed by atoms with Crippen LogP contribution in [0.3, 0.4) is 0 Å². The molecule has 1 aliphatic heterocycles. The Morgan fingerprint density at radius 3 is 2.49 bits per heavy atom. The van der Waals surface area contributed by atoms with Crippen LogP contribution in [-0.4, -0.2) is 31.3 Å². The van der Waals surface area contributed by atoms with Gasteiger partial charge in [-0.25, -0.2) is 0 Å². The molecule has 1 unspecified atom stereocenters. The van der Waals surface area contributed by atoms with Crippen molar-refractivity contribution in [3.8, 4) is 11.8 Å². The van der Waals surface area contributed by atoms with Crippen molar-refractivity contribution >= 4 is 15.0 Å². The monoisotopic (exact) mass is 496 g/mol. The molecule has 8 heteroatoms. The van der Waals surface area contributed by atoms with E-state index in [1.165, 1.54) is 6.92 Å². The van der Waals surface area contributed by atoms with Gasteiger partial charge in [0.2, 0.25) is 0 Å².